The zero-order chi connectivity index (χ0) is 7.33. The summed E-state index contributed by atoms with van der Waals surface area (Å²) in [5.74, 6) is 0. The van der Waals surface area contributed by atoms with Gasteiger partial charge in [-0.1, -0.05) is 0 Å². The van der Waals surface area contributed by atoms with Gasteiger partial charge in [-0.25, -0.2) is 0 Å². The van der Waals surface area contributed by atoms with Gasteiger partial charge in [-0.3, -0.25) is 18.8 Å². The van der Waals surface area contributed by atoms with E-state index < -0.39 is 0 Å². The fraction of sp³-hybridized carbons (Fsp3) is 1.00. The third-order valence-electron chi connectivity index (χ3n) is 2.68. The lowest BCUT2D eigenvalue weighted by atomic mass is 10.3. The third kappa shape index (κ3) is 8.02. The molecule has 0 aliphatic carbocycles. The summed E-state index contributed by atoms with van der Waals surface area (Å²) in [5, 5.41) is 0. The number of rotatable bonds is 4. The Kier molecular flexibility index (Phi) is 32.1. The van der Waals surface area contributed by atoms with Crippen LogP contribution in [0.1, 0.15) is 27.7 Å². The van der Waals surface area contributed by atoms with E-state index in [1.54, 1.807) is 0 Å². The van der Waals surface area contributed by atoms with Crippen LogP contribution < -0.4 is 0 Å². The summed E-state index contributed by atoms with van der Waals surface area (Å²) in [4.78, 5) is 0. The molecule has 0 rings (SSSR count). The fourth-order valence-corrected chi connectivity index (χ4v) is 1.34. The summed E-state index contributed by atoms with van der Waals surface area (Å²) in [6.45, 7) is 14.2. The van der Waals surface area contributed by atoms with Crippen LogP contribution in [0.4, 0.5) is 18.8 Å². The first-order valence-corrected chi connectivity index (χ1v) is 4.09. The average molecular weight is 210 g/mol. The summed E-state index contributed by atoms with van der Waals surface area (Å²) in [7, 11) is 0. The highest BCUT2D eigenvalue weighted by molar-refractivity contribution is 4.31. The second kappa shape index (κ2) is 14.2. The highest BCUT2D eigenvalue weighted by atomic mass is 19.0. The van der Waals surface area contributed by atoms with E-state index in [9.17, 15) is 0 Å². The van der Waals surface area contributed by atoms with Crippen LogP contribution in [0.5, 0.6) is 0 Å². The largest absolute Gasteiger partial charge is 0.325 e. The van der Waals surface area contributed by atoms with Gasteiger partial charge in [0.05, 0.1) is 26.2 Å². The number of quaternary nitrogens is 1. The summed E-state index contributed by atoms with van der Waals surface area (Å²) in [6, 6.07) is 0. The van der Waals surface area contributed by atoms with E-state index in [1.165, 1.54) is 30.7 Å². The molecule has 0 unspecified atom stereocenters. The molecule has 0 atom stereocenters. The first kappa shape index (κ1) is 29.3. The topological polar surface area (TPSA) is 0 Å². The Hall–Kier alpha value is -0.320. The molecule has 0 aromatic carbocycles. The molecule has 5 heteroatoms. The number of hydrogen-bond acceptors (Lipinski definition) is 0. The van der Waals surface area contributed by atoms with Crippen molar-refractivity contribution in [3.63, 3.8) is 0 Å². The van der Waals surface area contributed by atoms with E-state index in [2.05, 4.69) is 27.7 Å². The zero-order valence-corrected chi connectivity index (χ0v) is 8.91. The molecule has 0 aromatic heterocycles. The highest BCUT2D eigenvalue weighted by Gasteiger charge is 2.16. The van der Waals surface area contributed by atoms with Gasteiger partial charge in [0.1, 0.15) is 0 Å². The molecule has 0 N–H and O–H groups in total. The van der Waals surface area contributed by atoms with Crippen molar-refractivity contribution in [2.45, 2.75) is 27.7 Å². The van der Waals surface area contributed by atoms with Crippen molar-refractivity contribution < 1.29 is 23.3 Å². The Bertz CT molecular complexity index is 59.0. The first-order valence-electron chi connectivity index (χ1n) is 4.09. The molecule has 0 saturated heterocycles. The number of hydrogen-bond donors (Lipinski definition) is 0. The Morgan fingerprint density at radius 1 is 0.538 bits per heavy atom. The monoisotopic (exact) mass is 210 g/mol. The Balaban J connectivity index is -0.0000000533. The summed E-state index contributed by atoms with van der Waals surface area (Å²) in [6.07, 6.45) is 0. The van der Waals surface area contributed by atoms with Crippen LogP contribution in [-0.2, 0) is 0 Å². The van der Waals surface area contributed by atoms with Gasteiger partial charge < -0.3 is 4.48 Å². The molecule has 0 heterocycles. The van der Waals surface area contributed by atoms with Gasteiger partial charge in [0, 0.05) is 0 Å². The van der Waals surface area contributed by atoms with Crippen molar-refractivity contribution in [1.29, 1.82) is 0 Å². The van der Waals surface area contributed by atoms with Crippen molar-refractivity contribution in [1.82, 2.24) is 0 Å². The van der Waals surface area contributed by atoms with Gasteiger partial charge >= 0.3 is 0 Å². The standard InChI is InChI=1S/C8H20N.4FH/c1-5-9(6-2,7-3)8-4;;;;/h5-8H2,1-4H3;4*1H/q+1;;;;. The zero-order valence-electron chi connectivity index (χ0n) is 8.91. The quantitative estimate of drug-likeness (QED) is 0.494. The van der Waals surface area contributed by atoms with Gasteiger partial charge in [-0.05, 0) is 27.7 Å². The minimum Gasteiger partial charge on any atom is -0.325 e. The highest BCUT2D eigenvalue weighted by Crippen LogP contribution is 2.03. The third-order valence-corrected chi connectivity index (χ3v) is 2.68. The van der Waals surface area contributed by atoms with Gasteiger partial charge in [-0.15, -0.1) is 0 Å². The minimum absolute atomic E-state index is 0. The maximum Gasteiger partial charge on any atom is 0.0757 e. The SMILES string of the molecule is CC[N+](CC)(CC)CC.F.F.F.F. The molecule has 0 bridgehead atoms. The first-order chi connectivity index (χ1) is 4.24. The maximum atomic E-state index is 2.27. The van der Waals surface area contributed by atoms with E-state index in [-0.39, 0.29) is 18.8 Å². The van der Waals surface area contributed by atoms with E-state index in [4.69, 9.17) is 0 Å². The number of halogens is 4. The maximum absolute atomic E-state index is 2.27. The van der Waals surface area contributed by atoms with Crippen LogP contribution >= 0.6 is 0 Å². The van der Waals surface area contributed by atoms with Crippen LogP contribution in [0.3, 0.4) is 0 Å². The molecule has 0 saturated carbocycles. The molecule has 0 amide bonds. The average Bonchev–Trinajstić information content (AvgIpc) is 1.95. The smallest absolute Gasteiger partial charge is 0.0757 e. The van der Waals surface area contributed by atoms with Gasteiger partial charge in [0.15, 0.2) is 0 Å². The lowest BCUT2D eigenvalue weighted by Crippen LogP contribution is -2.47. The van der Waals surface area contributed by atoms with Gasteiger partial charge in [0.25, 0.3) is 0 Å². The van der Waals surface area contributed by atoms with E-state index in [0.717, 1.165) is 0 Å². The lowest BCUT2D eigenvalue weighted by Gasteiger charge is -2.34. The molecule has 13 heavy (non-hydrogen) atoms. The molecular weight excluding hydrogens is 186 g/mol. The van der Waals surface area contributed by atoms with Crippen LogP contribution in [0.15, 0.2) is 0 Å². The molecular formula is C8H24F4N+. The van der Waals surface area contributed by atoms with Crippen molar-refractivity contribution in [2.75, 3.05) is 26.2 Å². The fourth-order valence-electron chi connectivity index (χ4n) is 1.34. The van der Waals surface area contributed by atoms with E-state index in [1.807, 2.05) is 0 Å². The van der Waals surface area contributed by atoms with Crippen molar-refractivity contribution in [3.05, 3.63) is 0 Å². The summed E-state index contributed by atoms with van der Waals surface area (Å²) in [5.41, 5.74) is 0. The van der Waals surface area contributed by atoms with E-state index in [0.29, 0.717) is 0 Å². The molecule has 0 fully saturated rings. The molecule has 1 nitrogen and oxygen atoms in total. The molecule has 0 aliphatic heterocycles. The van der Waals surface area contributed by atoms with Crippen LogP contribution in [-0.4, -0.2) is 30.7 Å². The Morgan fingerprint density at radius 3 is 0.692 bits per heavy atom. The Morgan fingerprint density at radius 2 is 0.692 bits per heavy atom. The van der Waals surface area contributed by atoms with Crippen molar-refractivity contribution in [3.8, 4) is 0 Å². The van der Waals surface area contributed by atoms with Crippen LogP contribution in [0.25, 0.3) is 0 Å². The van der Waals surface area contributed by atoms with Gasteiger partial charge in [-0.2, -0.15) is 0 Å². The molecule has 0 aromatic rings. The molecule has 0 aliphatic rings. The van der Waals surface area contributed by atoms with Crippen LogP contribution in [0, 0.1) is 0 Å². The van der Waals surface area contributed by atoms with Crippen molar-refractivity contribution >= 4 is 0 Å². The molecule has 88 valence electrons. The second-order valence-electron chi connectivity index (χ2n) is 2.61. The predicted octanol–water partition coefficient (Wildman–Crippen LogP) is 2.49. The van der Waals surface area contributed by atoms with Crippen LogP contribution in [0.2, 0.25) is 0 Å². The van der Waals surface area contributed by atoms with E-state index >= 15 is 0 Å². The normalized spacial score (nSPS) is 8.31. The predicted molar refractivity (Wildman–Crippen MR) is 52.4 cm³/mol. The minimum atomic E-state index is 0. The number of nitrogens with zero attached hydrogens (tertiary/aromatic N) is 1. The van der Waals surface area contributed by atoms with Crippen molar-refractivity contribution in [2.24, 2.45) is 0 Å². The Labute approximate surface area is 78.2 Å². The van der Waals surface area contributed by atoms with Gasteiger partial charge in [0.2, 0.25) is 0 Å². The summed E-state index contributed by atoms with van der Waals surface area (Å²) < 4.78 is 1.28. The second-order valence-corrected chi connectivity index (χ2v) is 2.61. The lowest BCUT2D eigenvalue weighted by molar-refractivity contribution is -0.921. The summed E-state index contributed by atoms with van der Waals surface area (Å²) >= 11 is 0. The molecule has 0 radical (unpaired) electrons. The molecule has 0 spiro atoms.